The number of hydrogen-bond acceptors (Lipinski definition) is 9. The summed E-state index contributed by atoms with van der Waals surface area (Å²) in [6.07, 6.45) is 4.30. The fourth-order valence-electron chi connectivity index (χ4n) is 1.38. The van der Waals surface area contributed by atoms with Crippen LogP contribution in [0.4, 0.5) is 11.9 Å². The molecule has 19 heavy (non-hydrogen) atoms. The van der Waals surface area contributed by atoms with Crippen LogP contribution < -0.4 is 21.3 Å². The summed E-state index contributed by atoms with van der Waals surface area (Å²) in [7, 11) is 1.48. The van der Waals surface area contributed by atoms with Gasteiger partial charge in [-0.1, -0.05) is 5.21 Å². The zero-order valence-electron chi connectivity index (χ0n) is 10.4. The Labute approximate surface area is 109 Å². The lowest BCUT2D eigenvalue weighted by Gasteiger charge is -2.07. The van der Waals surface area contributed by atoms with E-state index < -0.39 is 0 Å². The van der Waals surface area contributed by atoms with Crippen LogP contribution in [0.3, 0.4) is 0 Å². The van der Waals surface area contributed by atoms with E-state index in [9.17, 15) is 0 Å². The predicted molar refractivity (Wildman–Crippen MR) is 67.3 cm³/mol. The molecular weight excluding hydrogens is 250 g/mol. The average molecular weight is 265 g/mol. The fourth-order valence-corrected chi connectivity index (χ4v) is 1.38. The summed E-state index contributed by atoms with van der Waals surface area (Å²) in [6.45, 7) is 1.44. The van der Waals surface area contributed by atoms with Gasteiger partial charge in [-0.05, 0) is 6.42 Å². The third-order valence-corrected chi connectivity index (χ3v) is 2.25. The van der Waals surface area contributed by atoms with Crippen LogP contribution in [0.2, 0.25) is 0 Å². The molecule has 0 fully saturated rings. The van der Waals surface area contributed by atoms with Crippen LogP contribution in [-0.2, 0) is 6.54 Å². The van der Waals surface area contributed by atoms with Crippen LogP contribution in [0.15, 0.2) is 12.4 Å². The van der Waals surface area contributed by atoms with Crippen molar-refractivity contribution in [2.75, 3.05) is 24.4 Å². The van der Waals surface area contributed by atoms with Gasteiger partial charge in [0.05, 0.1) is 13.3 Å². The third-order valence-electron chi connectivity index (χ3n) is 2.25. The van der Waals surface area contributed by atoms with Crippen LogP contribution in [0, 0.1) is 0 Å². The molecule has 0 saturated heterocycles. The first-order valence-corrected chi connectivity index (χ1v) is 5.66. The minimum atomic E-state index is 0.196. The lowest BCUT2D eigenvalue weighted by molar-refractivity contribution is 0.379. The highest BCUT2D eigenvalue weighted by Crippen LogP contribution is 2.09. The van der Waals surface area contributed by atoms with E-state index in [1.54, 1.807) is 10.9 Å². The monoisotopic (exact) mass is 265 g/mol. The van der Waals surface area contributed by atoms with Crippen LogP contribution in [-0.4, -0.2) is 43.6 Å². The zero-order chi connectivity index (χ0) is 13.5. The normalized spacial score (nSPS) is 10.2. The number of anilines is 2. The van der Waals surface area contributed by atoms with Gasteiger partial charge in [-0.25, -0.2) is 5.84 Å². The lowest BCUT2D eigenvalue weighted by atomic mass is 10.4. The minimum Gasteiger partial charge on any atom is -0.467 e. The largest absolute Gasteiger partial charge is 0.467 e. The number of ether oxygens (including phenoxy) is 1. The molecular formula is C9H15N9O. The van der Waals surface area contributed by atoms with Crippen LogP contribution >= 0.6 is 0 Å². The molecule has 0 saturated carbocycles. The fraction of sp³-hybridized carbons (Fsp3) is 0.444. The van der Waals surface area contributed by atoms with Gasteiger partial charge in [0.1, 0.15) is 0 Å². The molecule has 4 N–H and O–H groups in total. The second kappa shape index (κ2) is 6.44. The number of aromatic nitrogens is 6. The van der Waals surface area contributed by atoms with Crippen molar-refractivity contribution in [1.29, 1.82) is 0 Å². The van der Waals surface area contributed by atoms with Gasteiger partial charge in [0, 0.05) is 19.3 Å². The van der Waals surface area contributed by atoms with E-state index in [1.165, 1.54) is 7.11 Å². The number of rotatable bonds is 7. The Morgan fingerprint density at radius 3 is 2.84 bits per heavy atom. The topological polar surface area (TPSA) is 129 Å². The average Bonchev–Trinajstić information content (AvgIpc) is 2.96. The highest BCUT2D eigenvalue weighted by Gasteiger charge is 2.05. The molecule has 0 aliphatic heterocycles. The maximum atomic E-state index is 5.26. The molecule has 102 valence electrons. The highest BCUT2D eigenvalue weighted by molar-refractivity contribution is 5.34. The van der Waals surface area contributed by atoms with Gasteiger partial charge in [-0.3, -0.25) is 10.1 Å². The summed E-state index contributed by atoms with van der Waals surface area (Å²) in [5.41, 5.74) is 2.35. The summed E-state index contributed by atoms with van der Waals surface area (Å²) >= 11 is 0. The molecule has 10 nitrogen and oxygen atoms in total. The summed E-state index contributed by atoms with van der Waals surface area (Å²) < 4.78 is 6.69. The van der Waals surface area contributed by atoms with Crippen molar-refractivity contribution < 1.29 is 4.74 Å². The van der Waals surface area contributed by atoms with Crippen molar-refractivity contribution >= 4 is 11.9 Å². The maximum Gasteiger partial charge on any atom is 0.322 e. The molecule has 0 bridgehead atoms. The smallest absolute Gasteiger partial charge is 0.322 e. The Bertz CT molecular complexity index is 478. The third kappa shape index (κ3) is 3.74. The number of nitrogen functional groups attached to an aromatic ring is 1. The van der Waals surface area contributed by atoms with E-state index in [2.05, 4.69) is 36.0 Å². The number of nitrogens with two attached hydrogens (primary N) is 1. The van der Waals surface area contributed by atoms with Crippen molar-refractivity contribution in [3.05, 3.63) is 12.4 Å². The van der Waals surface area contributed by atoms with Crippen LogP contribution in [0.5, 0.6) is 6.01 Å². The van der Waals surface area contributed by atoms with Gasteiger partial charge in [0.25, 0.3) is 0 Å². The van der Waals surface area contributed by atoms with Crippen molar-refractivity contribution in [3.63, 3.8) is 0 Å². The van der Waals surface area contributed by atoms with Crippen molar-refractivity contribution in [3.8, 4) is 6.01 Å². The van der Waals surface area contributed by atoms with Crippen molar-refractivity contribution in [1.82, 2.24) is 29.9 Å². The molecule has 10 heteroatoms. The summed E-state index contributed by atoms with van der Waals surface area (Å²) in [5.74, 6) is 5.90. The second-order valence-corrected chi connectivity index (χ2v) is 3.56. The van der Waals surface area contributed by atoms with Crippen LogP contribution in [0.1, 0.15) is 6.42 Å². The summed E-state index contributed by atoms with van der Waals surface area (Å²) in [5, 5.41) is 10.6. The Balaban J connectivity index is 1.84. The molecule has 0 unspecified atom stereocenters. The molecule has 0 aromatic carbocycles. The Kier molecular flexibility index (Phi) is 4.39. The lowest BCUT2D eigenvalue weighted by Crippen LogP contribution is -2.15. The molecule has 0 spiro atoms. The molecule has 0 amide bonds. The molecule has 0 aliphatic rings. The quantitative estimate of drug-likeness (QED) is 0.336. The molecule has 0 aliphatic carbocycles. The van der Waals surface area contributed by atoms with E-state index in [-0.39, 0.29) is 12.0 Å². The van der Waals surface area contributed by atoms with Gasteiger partial charge in [0.2, 0.25) is 11.9 Å². The van der Waals surface area contributed by atoms with Gasteiger partial charge in [-0.2, -0.15) is 15.0 Å². The number of nitrogens with one attached hydrogen (secondary N) is 2. The van der Waals surface area contributed by atoms with Gasteiger partial charge in [-0.15, -0.1) is 5.10 Å². The minimum absolute atomic E-state index is 0.196. The number of methoxy groups -OCH3 is 1. The van der Waals surface area contributed by atoms with Gasteiger partial charge >= 0.3 is 6.01 Å². The van der Waals surface area contributed by atoms with E-state index in [4.69, 9.17) is 10.6 Å². The Morgan fingerprint density at radius 2 is 2.16 bits per heavy atom. The molecule has 2 aromatic rings. The first-order chi connectivity index (χ1) is 9.31. The Hall–Kier alpha value is -2.49. The second-order valence-electron chi connectivity index (χ2n) is 3.56. The summed E-state index contributed by atoms with van der Waals surface area (Å²) in [6, 6.07) is 0.196. The predicted octanol–water partition coefficient (Wildman–Crippen LogP) is -0.740. The number of hydrogen-bond donors (Lipinski definition) is 3. The number of aryl methyl sites for hydroxylation is 1. The van der Waals surface area contributed by atoms with E-state index in [0.717, 1.165) is 13.0 Å². The number of nitrogens with zero attached hydrogens (tertiary/aromatic N) is 6. The van der Waals surface area contributed by atoms with Crippen molar-refractivity contribution in [2.24, 2.45) is 5.84 Å². The molecule has 0 atom stereocenters. The van der Waals surface area contributed by atoms with E-state index >= 15 is 0 Å². The first-order valence-electron chi connectivity index (χ1n) is 5.66. The zero-order valence-corrected chi connectivity index (χ0v) is 10.4. The highest BCUT2D eigenvalue weighted by atomic mass is 16.5. The SMILES string of the molecule is COc1nc(NN)nc(NCCCn2ccnn2)n1. The molecule has 2 aromatic heterocycles. The van der Waals surface area contributed by atoms with Crippen LogP contribution in [0.25, 0.3) is 0 Å². The molecule has 0 radical (unpaired) electrons. The van der Waals surface area contributed by atoms with Gasteiger partial charge < -0.3 is 10.1 Å². The standard InChI is InChI=1S/C9H15N9O/c1-19-9-14-7(13-8(15-9)16-10)11-3-2-5-18-6-4-12-17-18/h4,6H,2-3,5,10H2,1H3,(H2,11,13,14,15,16). The van der Waals surface area contributed by atoms with Gasteiger partial charge in [0.15, 0.2) is 0 Å². The molecule has 2 heterocycles. The summed E-state index contributed by atoms with van der Waals surface area (Å²) in [4.78, 5) is 12.0. The Morgan fingerprint density at radius 1 is 1.32 bits per heavy atom. The first kappa shape index (κ1) is 13.0. The van der Waals surface area contributed by atoms with E-state index in [0.29, 0.717) is 12.5 Å². The molecule has 2 rings (SSSR count). The number of hydrazine groups is 1. The maximum absolute atomic E-state index is 5.26. The van der Waals surface area contributed by atoms with Crippen molar-refractivity contribution in [2.45, 2.75) is 13.0 Å². The van der Waals surface area contributed by atoms with E-state index in [1.807, 2.05) is 6.20 Å².